The van der Waals surface area contributed by atoms with Crippen molar-refractivity contribution < 1.29 is 4.79 Å². The molecule has 1 aromatic carbocycles. The highest BCUT2D eigenvalue weighted by Crippen LogP contribution is 2.25. The Bertz CT molecular complexity index is 463. The van der Waals surface area contributed by atoms with E-state index < -0.39 is 5.92 Å². The molecule has 4 heteroatoms. The first-order chi connectivity index (χ1) is 7.95. The van der Waals surface area contributed by atoms with E-state index in [-0.39, 0.29) is 11.7 Å². The maximum atomic E-state index is 12.1. The Labute approximate surface area is 111 Å². The van der Waals surface area contributed by atoms with E-state index in [1.807, 2.05) is 19.9 Å². The molecule has 0 bridgehead atoms. The summed E-state index contributed by atoms with van der Waals surface area (Å²) in [6.45, 7) is 3.95. The maximum Gasteiger partial charge on any atom is 0.181 e. The zero-order valence-corrected chi connectivity index (χ0v) is 11.2. The molecular formula is C13H13Cl2NO. The van der Waals surface area contributed by atoms with Gasteiger partial charge >= 0.3 is 0 Å². The Morgan fingerprint density at radius 1 is 1.41 bits per heavy atom. The Hall–Kier alpha value is -1.04. The number of hydrogen-bond donors (Lipinski definition) is 0. The van der Waals surface area contributed by atoms with Crippen LogP contribution in [0.5, 0.6) is 0 Å². The van der Waals surface area contributed by atoms with Crippen LogP contribution in [0.15, 0.2) is 18.2 Å². The summed E-state index contributed by atoms with van der Waals surface area (Å²) >= 11 is 11.7. The van der Waals surface area contributed by atoms with E-state index in [4.69, 9.17) is 28.5 Å². The SMILES string of the molecule is CC(C)CC(C#N)C(=O)c1ccc(Cl)cc1Cl. The summed E-state index contributed by atoms with van der Waals surface area (Å²) in [5.41, 5.74) is 0.364. The maximum absolute atomic E-state index is 12.1. The highest BCUT2D eigenvalue weighted by atomic mass is 35.5. The number of nitriles is 1. The topological polar surface area (TPSA) is 40.9 Å². The molecule has 0 aliphatic heterocycles. The van der Waals surface area contributed by atoms with Crippen LogP contribution in [0.25, 0.3) is 0 Å². The Morgan fingerprint density at radius 3 is 2.53 bits per heavy atom. The van der Waals surface area contributed by atoms with Gasteiger partial charge in [-0.05, 0) is 30.5 Å². The zero-order chi connectivity index (χ0) is 13.0. The summed E-state index contributed by atoms with van der Waals surface area (Å²) < 4.78 is 0. The standard InChI is InChI=1S/C13H13Cl2NO/c1-8(2)5-9(7-16)13(17)11-4-3-10(14)6-12(11)15/h3-4,6,8-9H,5H2,1-2H3. The molecule has 0 fully saturated rings. The summed E-state index contributed by atoms with van der Waals surface area (Å²) in [6, 6.07) is 6.72. The van der Waals surface area contributed by atoms with Gasteiger partial charge in [0, 0.05) is 10.6 Å². The molecule has 0 N–H and O–H groups in total. The molecule has 1 unspecified atom stereocenters. The molecule has 1 rings (SSSR count). The van der Waals surface area contributed by atoms with Crippen molar-refractivity contribution in [1.29, 1.82) is 5.26 Å². The average molecular weight is 270 g/mol. The summed E-state index contributed by atoms with van der Waals surface area (Å²) in [5.74, 6) is -0.591. The highest BCUT2D eigenvalue weighted by Gasteiger charge is 2.22. The van der Waals surface area contributed by atoms with Gasteiger partial charge in [0.2, 0.25) is 0 Å². The summed E-state index contributed by atoms with van der Waals surface area (Å²) in [7, 11) is 0. The van der Waals surface area contributed by atoms with Crippen molar-refractivity contribution in [3.05, 3.63) is 33.8 Å². The van der Waals surface area contributed by atoms with Crippen molar-refractivity contribution in [3.63, 3.8) is 0 Å². The van der Waals surface area contributed by atoms with Gasteiger partial charge in [0.15, 0.2) is 5.78 Å². The Kier molecular flexibility index (Phi) is 4.99. The van der Waals surface area contributed by atoms with Crippen LogP contribution in [-0.2, 0) is 0 Å². The largest absolute Gasteiger partial charge is 0.293 e. The molecule has 2 nitrogen and oxygen atoms in total. The number of carbonyl (C=O) groups excluding carboxylic acids is 1. The molecule has 0 aromatic heterocycles. The fraction of sp³-hybridized carbons (Fsp3) is 0.385. The summed E-state index contributed by atoms with van der Waals surface area (Å²) in [5, 5.41) is 9.79. The van der Waals surface area contributed by atoms with Crippen LogP contribution in [-0.4, -0.2) is 5.78 Å². The molecule has 17 heavy (non-hydrogen) atoms. The normalized spacial score (nSPS) is 12.2. The van der Waals surface area contributed by atoms with Gasteiger partial charge < -0.3 is 0 Å². The molecule has 0 saturated carbocycles. The average Bonchev–Trinajstić information content (AvgIpc) is 2.24. The summed E-state index contributed by atoms with van der Waals surface area (Å²) in [6.07, 6.45) is 0.536. The Morgan fingerprint density at radius 2 is 2.06 bits per heavy atom. The number of halogens is 2. The summed E-state index contributed by atoms with van der Waals surface area (Å²) in [4.78, 5) is 12.1. The molecule has 0 saturated heterocycles. The van der Waals surface area contributed by atoms with Crippen LogP contribution in [0, 0.1) is 23.2 Å². The minimum absolute atomic E-state index is 0.233. The third-order valence-electron chi connectivity index (χ3n) is 2.38. The Balaban J connectivity index is 2.99. The number of hydrogen-bond acceptors (Lipinski definition) is 2. The second kappa shape index (κ2) is 6.05. The van der Waals surface area contributed by atoms with E-state index in [2.05, 4.69) is 0 Å². The van der Waals surface area contributed by atoms with Gasteiger partial charge in [-0.2, -0.15) is 5.26 Å². The first-order valence-electron chi connectivity index (χ1n) is 5.34. The van der Waals surface area contributed by atoms with Crippen molar-refractivity contribution >= 4 is 29.0 Å². The number of ketones is 1. The van der Waals surface area contributed by atoms with Crippen molar-refractivity contribution in [2.24, 2.45) is 11.8 Å². The fourth-order valence-corrected chi connectivity index (χ4v) is 2.07. The number of rotatable bonds is 4. The van der Waals surface area contributed by atoms with Gasteiger partial charge in [0.05, 0.1) is 11.1 Å². The fourth-order valence-electron chi connectivity index (χ4n) is 1.57. The lowest BCUT2D eigenvalue weighted by atomic mass is 9.91. The molecule has 0 aliphatic rings. The first-order valence-corrected chi connectivity index (χ1v) is 6.10. The number of Topliss-reactive ketones (excluding diaryl/α,β-unsaturated/α-hetero) is 1. The van der Waals surface area contributed by atoms with Crippen molar-refractivity contribution in [2.45, 2.75) is 20.3 Å². The first kappa shape index (κ1) is 14.0. The van der Waals surface area contributed by atoms with Gasteiger partial charge in [-0.25, -0.2) is 0 Å². The molecule has 0 amide bonds. The molecule has 0 spiro atoms. The highest BCUT2D eigenvalue weighted by molar-refractivity contribution is 6.36. The van der Waals surface area contributed by atoms with E-state index in [1.165, 1.54) is 6.07 Å². The molecule has 0 aliphatic carbocycles. The molecule has 1 aromatic rings. The van der Waals surface area contributed by atoms with E-state index in [0.29, 0.717) is 22.0 Å². The predicted octanol–water partition coefficient (Wildman–Crippen LogP) is 4.36. The van der Waals surface area contributed by atoms with Crippen LogP contribution in [0.2, 0.25) is 10.0 Å². The van der Waals surface area contributed by atoms with Crippen molar-refractivity contribution in [2.75, 3.05) is 0 Å². The van der Waals surface area contributed by atoms with Crippen LogP contribution >= 0.6 is 23.2 Å². The van der Waals surface area contributed by atoms with E-state index >= 15 is 0 Å². The lowest BCUT2D eigenvalue weighted by Gasteiger charge is -2.11. The van der Waals surface area contributed by atoms with E-state index in [9.17, 15) is 4.79 Å². The van der Waals surface area contributed by atoms with E-state index in [0.717, 1.165) is 0 Å². The van der Waals surface area contributed by atoms with Crippen LogP contribution in [0.3, 0.4) is 0 Å². The van der Waals surface area contributed by atoms with Crippen LogP contribution in [0.4, 0.5) is 0 Å². The molecule has 0 radical (unpaired) electrons. The molecule has 0 heterocycles. The lowest BCUT2D eigenvalue weighted by Crippen LogP contribution is -2.15. The second-order valence-electron chi connectivity index (χ2n) is 4.30. The zero-order valence-electron chi connectivity index (χ0n) is 9.71. The number of benzene rings is 1. The van der Waals surface area contributed by atoms with Crippen molar-refractivity contribution in [1.82, 2.24) is 0 Å². The molecule has 90 valence electrons. The van der Waals surface area contributed by atoms with Gasteiger partial charge in [0.25, 0.3) is 0 Å². The molecular weight excluding hydrogens is 257 g/mol. The van der Waals surface area contributed by atoms with Crippen LogP contribution in [0.1, 0.15) is 30.6 Å². The quantitative estimate of drug-likeness (QED) is 0.762. The third kappa shape index (κ3) is 3.73. The van der Waals surface area contributed by atoms with Crippen molar-refractivity contribution in [3.8, 4) is 6.07 Å². The number of carbonyl (C=O) groups is 1. The van der Waals surface area contributed by atoms with Gasteiger partial charge in [-0.1, -0.05) is 37.0 Å². The minimum atomic E-state index is -0.645. The monoisotopic (exact) mass is 269 g/mol. The lowest BCUT2D eigenvalue weighted by molar-refractivity contribution is 0.0937. The van der Waals surface area contributed by atoms with Crippen LogP contribution < -0.4 is 0 Å². The third-order valence-corrected chi connectivity index (χ3v) is 2.92. The minimum Gasteiger partial charge on any atom is -0.293 e. The van der Waals surface area contributed by atoms with Gasteiger partial charge in [-0.15, -0.1) is 0 Å². The predicted molar refractivity (Wildman–Crippen MR) is 69.4 cm³/mol. The van der Waals surface area contributed by atoms with E-state index in [1.54, 1.807) is 12.1 Å². The van der Waals surface area contributed by atoms with Gasteiger partial charge in [-0.3, -0.25) is 4.79 Å². The number of nitrogens with zero attached hydrogens (tertiary/aromatic N) is 1. The molecule has 1 atom stereocenters. The van der Waals surface area contributed by atoms with Gasteiger partial charge in [0.1, 0.15) is 5.92 Å². The second-order valence-corrected chi connectivity index (χ2v) is 5.14. The smallest absolute Gasteiger partial charge is 0.181 e.